The molecule has 26 heavy (non-hydrogen) atoms. The first kappa shape index (κ1) is 20.9. The Hall–Kier alpha value is -3.15. The van der Waals surface area contributed by atoms with E-state index in [2.05, 4.69) is 5.32 Å². The zero-order valence-corrected chi connectivity index (χ0v) is 14.8. The number of amides is 2. The normalized spacial score (nSPS) is 10.7. The van der Waals surface area contributed by atoms with Gasteiger partial charge in [-0.3, -0.25) is 4.79 Å². The van der Waals surface area contributed by atoms with Gasteiger partial charge in [0.25, 0.3) is 0 Å². The summed E-state index contributed by atoms with van der Waals surface area (Å²) in [6.45, 7) is 1.66. The van der Waals surface area contributed by atoms with Gasteiger partial charge in [-0.15, -0.1) is 0 Å². The molecule has 0 aromatic heterocycles. The lowest BCUT2D eigenvalue weighted by Gasteiger charge is -2.10. The van der Waals surface area contributed by atoms with E-state index in [-0.39, 0.29) is 6.61 Å². The third kappa shape index (κ3) is 9.22. The van der Waals surface area contributed by atoms with Crippen LogP contribution in [0.3, 0.4) is 0 Å². The van der Waals surface area contributed by atoms with Crippen LogP contribution >= 0.6 is 0 Å². The molecular weight excluding hydrogens is 332 g/mol. The van der Waals surface area contributed by atoms with Crippen LogP contribution in [0.4, 0.5) is 4.79 Å². The minimum absolute atomic E-state index is 0.165. The SMILES string of the molecule is C[C@H](NC(=O)OCc1ccccc1)C(N)=O.O=CCCc1ccccc1. The smallest absolute Gasteiger partial charge is 0.408 e. The zero-order valence-electron chi connectivity index (χ0n) is 14.8. The van der Waals surface area contributed by atoms with Crippen LogP contribution in [0, 0.1) is 0 Å². The van der Waals surface area contributed by atoms with Gasteiger partial charge in [-0.1, -0.05) is 60.7 Å². The standard InChI is InChI=1S/C11H14N2O3.C9H10O/c1-8(10(12)14)13-11(15)16-7-9-5-3-2-4-6-9;10-8-4-7-9-5-2-1-3-6-9/h2-6,8H,7H2,1H3,(H2,12,14)(H,13,15);1-3,5-6,8H,4,7H2/t8-;/m0./s1. The van der Waals surface area contributed by atoms with Gasteiger partial charge < -0.3 is 20.6 Å². The fraction of sp³-hybridized carbons (Fsp3) is 0.250. The quantitative estimate of drug-likeness (QED) is 0.745. The summed E-state index contributed by atoms with van der Waals surface area (Å²) >= 11 is 0. The lowest BCUT2D eigenvalue weighted by molar-refractivity contribution is -0.119. The zero-order chi connectivity index (χ0) is 19.2. The fourth-order valence-electron chi connectivity index (χ4n) is 1.88. The number of nitrogens with one attached hydrogen (secondary N) is 1. The van der Waals surface area contributed by atoms with Gasteiger partial charge in [-0.25, -0.2) is 4.79 Å². The van der Waals surface area contributed by atoms with Crippen molar-refractivity contribution in [2.45, 2.75) is 32.4 Å². The summed E-state index contributed by atoms with van der Waals surface area (Å²) in [5.41, 5.74) is 7.09. The average Bonchev–Trinajstić information content (AvgIpc) is 2.67. The molecule has 0 aliphatic rings. The number of carbonyl (C=O) groups is 3. The Balaban J connectivity index is 0.000000289. The van der Waals surface area contributed by atoms with Crippen LogP contribution in [0.2, 0.25) is 0 Å². The van der Waals surface area contributed by atoms with Gasteiger partial charge in [0.15, 0.2) is 0 Å². The van der Waals surface area contributed by atoms with E-state index in [1.165, 1.54) is 12.5 Å². The first-order chi connectivity index (χ1) is 12.5. The van der Waals surface area contributed by atoms with Crippen molar-refractivity contribution in [3.63, 3.8) is 0 Å². The first-order valence-corrected chi connectivity index (χ1v) is 8.27. The molecule has 0 unspecified atom stereocenters. The predicted molar refractivity (Wildman–Crippen MR) is 99.2 cm³/mol. The monoisotopic (exact) mass is 356 g/mol. The van der Waals surface area contributed by atoms with Crippen molar-refractivity contribution in [3.8, 4) is 0 Å². The molecule has 0 saturated heterocycles. The molecule has 2 rings (SSSR count). The summed E-state index contributed by atoms with van der Waals surface area (Å²) in [6.07, 6.45) is 1.79. The number of carbonyl (C=O) groups excluding carboxylic acids is 3. The molecule has 0 aliphatic heterocycles. The summed E-state index contributed by atoms with van der Waals surface area (Å²) in [6, 6.07) is 18.5. The molecule has 6 heteroatoms. The Morgan fingerprint density at radius 2 is 1.58 bits per heavy atom. The van der Waals surface area contributed by atoms with Crippen LogP contribution in [0.15, 0.2) is 60.7 Å². The number of hydrogen-bond acceptors (Lipinski definition) is 4. The highest BCUT2D eigenvalue weighted by atomic mass is 16.5. The van der Waals surface area contributed by atoms with Gasteiger partial charge in [-0.05, 0) is 24.5 Å². The molecule has 0 heterocycles. The molecule has 0 bridgehead atoms. The molecule has 2 amide bonds. The summed E-state index contributed by atoms with van der Waals surface area (Å²) in [5, 5.41) is 2.31. The molecule has 0 saturated carbocycles. The maximum Gasteiger partial charge on any atom is 0.408 e. The second-order valence-corrected chi connectivity index (χ2v) is 5.52. The van der Waals surface area contributed by atoms with Crippen molar-refractivity contribution in [2.75, 3.05) is 0 Å². The minimum atomic E-state index is -0.733. The Kier molecular flexibility index (Phi) is 9.84. The van der Waals surface area contributed by atoms with E-state index >= 15 is 0 Å². The van der Waals surface area contributed by atoms with Gasteiger partial charge in [0.05, 0.1) is 0 Å². The first-order valence-electron chi connectivity index (χ1n) is 8.27. The largest absolute Gasteiger partial charge is 0.445 e. The number of ether oxygens (including phenoxy) is 1. The summed E-state index contributed by atoms with van der Waals surface area (Å²) < 4.78 is 4.89. The third-order valence-corrected chi connectivity index (χ3v) is 3.37. The number of rotatable bonds is 7. The third-order valence-electron chi connectivity index (χ3n) is 3.37. The molecule has 0 radical (unpaired) electrons. The number of aldehydes is 1. The minimum Gasteiger partial charge on any atom is -0.445 e. The van der Waals surface area contributed by atoms with E-state index in [1.54, 1.807) is 0 Å². The van der Waals surface area contributed by atoms with Crippen molar-refractivity contribution in [1.29, 1.82) is 0 Å². The van der Waals surface area contributed by atoms with Gasteiger partial charge in [0.2, 0.25) is 5.91 Å². The van der Waals surface area contributed by atoms with Crippen molar-refractivity contribution in [3.05, 3.63) is 71.8 Å². The molecule has 138 valence electrons. The van der Waals surface area contributed by atoms with E-state index in [0.29, 0.717) is 6.42 Å². The van der Waals surface area contributed by atoms with Crippen molar-refractivity contribution < 1.29 is 19.1 Å². The van der Waals surface area contributed by atoms with E-state index < -0.39 is 18.0 Å². The summed E-state index contributed by atoms with van der Waals surface area (Å²) in [7, 11) is 0. The molecule has 2 aromatic carbocycles. The van der Waals surface area contributed by atoms with Gasteiger partial charge in [-0.2, -0.15) is 0 Å². The number of alkyl carbamates (subject to hydrolysis) is 1. The molecule has 1 atom stereocenters. The van der Waals surface area contributed by atoms with Crippen LogP contribution in [0.1, 0.15) is 24.5 Å². The van der Waals surface area contributed by atoms with Gasteiger partial charge in [0.1, 0.15) is 18.9 Å². The topological polar surface area (TPSA) is 98.5 Å². The molecular formula is C20H24N2O4. The van der Waals surface area contributed by atoms with Crippen molar-refractivity contribution in [2.24, 2.45) is 5.73 Å². The predicted octanol–water partition coefficient (Wildman–Crippen LogP) is 2.60. The lowest BCUT2D eigenvalue weighted by atomic mass is 10.1. The lowest BCUT2D eigenvalue weighted by Crippen LogP contribution is -2.42. The van der Waals surface area contributed by atoms with Crippen LogP contribution in [-0.2, 0) is 27.4 Å². The number of hydrogen-bond donors (Lipinski definition) is 2. The Morgan fingerprint density at radius 3 is 2.08 bits per heavy atom. The molecule has 3 N–H and O–H groups in total. The van der Waals surface area contributed by atoms with E-state index in [4.69, 9.17) is 10.5 Å². The average molecular weight is 356 g/mol. The second-order valence-electron chi connectivity index (χ2n) is 5.52. The van der Waals surface area contributed by atoms with Crippen LogP contribution < -0.4 is 11.1 Å². The Morgan fingerprint density at radius 1 is 1.04 bits per heavy atom. The van der Waals surface area contributed by atoms with E-state index in [9.17, 15) is 14.4 Å². The highest BCUT2D eigenvalue weighted by Crippen LogP contribution is 2.01. The maximum absolute atomic E-state index is 11.2. The highest BCUT2D eigenvalue weighted by Gasteiger charge is 2.12. The van der Waals surface area contributed by atoms with Crippen molar-refractivity contribution in [1.82, 2.24) is 5.32 Å². The van der Waals surface area contributed by atoms with Crippen LogP contribution in [-0.4, -0.2) is 24.3 Å². The molecule has 2 aromatic rings. The van der Waals surface area contributed by atoms with Gasteiger partial charge >= 0.3 is 6.09 Å². The van der Waals surface area contributed by atoms with Crippen molar-refractivity contribution >= 4 is 18.3 Å². The maximum atomic E-state index is 11.2. The molecule has 0 fully saturated rings. The van der Waals surface area contributed by atoms with Crippen LogP contribution in [0.5, 0.6) is 0 Å². The van der Waals surface area contributed by atoms with Gasteiger partial charge in [0, 0.05) is 6.42 Å². The highest BCUT2D eigenvalue weighted by molar-refractivity contribution is 5.83. The van der Waals surface area contributed by atoms with E-state index in [0.717, 1.165) is 18.3 Å². The van der Waals surface area contributed by atoms with Crippen LogP contribution in [0.25, 0.3) is 0 Å². The fourth-order valence-corrected chi connectivity index (χ4v) is 1.88. The molecule has 6 nitrogen and oxygen atoms in total. The molecule has 0 aliphatic carbocycles. The van der Waals surface area contributed by atoms with E-state index in [1.807, 2.05) is 60.7 Å². The Bertz CT molecular complexity index is 675. The summed E-state index contributed by atoms with van der Waals surface area (Å²) in [5.74, 6) is -0.600. The number of aryl methyl sites for hydroxylation is 1. The number of benzene rings is 2. The summed E-state index contributed by atoms with van der Waals surface area (Å²) in [4.78, 5) is 31.8. The Labute approximate surface area is 153 Å². The second kappa shape index (κ2) is 12.2. The molecule has 0 spiro atoms. The number of nitrogens with two attached hydrogens (primary N) is 1. The number of primary amides is 1.